The summed E-state index contributed by atoms with van der Waals surface area (Å²) in [5.74, 6) is 0.744. The Balaban J connectivity index is 1.61. The Kier molecular flexibility index (Phi) is 4.87. The number of hydrogen-bond donors (Lipinski definition) is 2. The van der Waals surface area contributed by atoms with Crippen LogP contribution in [0.4, 0.5) is 0 Å². The van der Waals surface area contributed by atoms with E-state index in [2.05, 4.69) is 9.97 Å². The van der Waals surface area contributed by atoms with Crippen LogP contribution in [0.25, 0.3) is 33.6 Å². The molecule has 0 amide bonds. The fourth-order valence-corrected chi connectivity index (χ4v) is 3.22. The Morgan fingerprint density at radius 1 is 0.759 bits per heavy atom. The predicted molar refractivity (Wildman–Crippen MR) is 113 cm³/mol. The van der Waals surface area contributed by atoms with E-state index in [4.69, 9.17) is 4.74 Å². The standard InChI is InChI=1S/C24H20N2O3/c1-15-6-9-18(22(27)12-15)16-7-10-20(25-13-16)21-11-8-17(14-26-21)19-4-3-5-23(29-2)24(19)28/h3-14,27-28H,1-2H3. The first-order valence-electron chi connectivity index (χ1n) is 9.15. The van der Waals surface area contributed by atoms with Crippen LogP contribution in [-0.4, -0.2) is 27.3 Å². The van der Waals surface area contributed by atoms with Crippen LogP contribution in [0.5, 0.6) is 17.2 Å². The Bertz CT molecular complexity index is 1150. The number of rotatable bonds is 4. The first-order valence-corrected chi connectivity index (χ1v) is 9.15. The minimum atomic E-state index is 0.0879. The van der Waals surface area contributed by atoms with Crippen molar-refractivity contribution in [1.82, 2.24) is 9.97 Å². The van der Waals surface area contributed by atoms with Crippen molar-refractivity contribution < 1.29 is 14.9 Å². The number of nitrogens with zero attached hydrogens (tertiary/aromatic N) is 2. The average molecular weight is 384 g/mol. The first kappa shape index (κ1) is 18.5. The third-order valence-electron chi connectivity index (χ3n) is 4.78. The number of aryl methyl sites for hydroxylation is 1. The van der Waals surface area contributed by atoms with E-state index in [0.717, 1.165) is 33.6 Å². The SMILES string of the molecule is COc1cccc(-c2ccc(-c3ccc(-c4ccc(C)cc4O)cn3)nc2)c1O. The number of methoxy groups -OCH3 is 1. The molecule has 0 saturated carbocycles. The van der Waals surface area contributed by atoms with Crippen LogP contribution in [0.2, 0.25) is 0 Å². The molecule has 0 aliphatic rings. The molecule has 4 rings (SSSR count). The summed E-state index contributed by atoms with van der Waals surface area (Å²) in [7, 11) is 1.52. The number of aromatic nitrogens is 2. The smallest absolute Gasteiger partial charge is 0.165 e. The third kappa shape index (κ3) is 3.62. The van der Waals surface area contributed by atoms with Crippen LogP contribution in [-0.2, 0) is 0 Å². The summed E-state index contributed by atoms with van der Waals surface area (Å²) in [4.78, 5) is 8.98. The van der Waals surface area contributed by atoms with Gasteiger partial charge in [-0.05, 0) is 36.8 Å². The van der Waals surface area contributed by atoms with Crippen molar-refractivity contribution in [2.45, 2.75) is 6.92 Å². The van der Waals surface area contributed by atoms with Gasteiger partial charge in [-0.2, -0.15) is 0 Å². The molecule has 29 heavy (non-hydrogen) atoms. The highest BCUT2D eigenvalue weighted by Crippen LogP contribution is 2.37. The molecule has 5 nitrogen and oxygen atoms in total. The lowest BCUT2D eigenvalue weighted by Crippen LogP contribution is -1.90. The van der Waals surface area contributed by atoms with Crippen molar-refractivity contribution in [3.05, 3.63) is 78.6 Å². The molecular formula is C24H20N2O3. The summed E-state index contributed by atoms with van der Waals surface area (Å²) in [6, 6.07) is 18.5. The molecule has 0 saturated heterocycles. The number of hydrogen-bond acceptors (Lipinski definition) is 5. The van der Waals surface area contributed by atoms with Gasteiger partial charge in [-0.25, -0.2) is 0 Å². The minimum absolute atomic E-state index is 0.0879. The highest BCUT2D eigenvalue weighted by molar-refractivity contribution is 5.74. The highest BCUT2D eigenvalue weighted by Gasteiger charge is 2.11. The lowest BCUT2D eigenvalue weighted by molar-refractivity contribution is 0.374. The van der Waals surface area contributed by atoms with Gasteiger partial charge >= 0.3 is 0 Å². The van der Waals surface area contributed by atoms with E-state index < -0.39 is 0 Å². The molecule has 2 aromatic heterocycles. The Morgan fingerprint density at radius 3 is 1.97 bits per heavy atom. The molecule has 0 spiro atoms. The second kappa shape index (κ2) is 7.64. The lowest BCUT2D eigenvalue weighted by Gasteiger charge is -2.09. The van der Waals surface area contributed by atoms with Crippen molar-refractivity contribution in [2.75, 3.05) is 7.11 Å². The van der Waals surface area contributed by atoms with Crippen LogP contribution < -0.4 is 4.74 Å². The van der Waals surface area contributed by atoms with E-state index in [-0.39, 0.29) is 11.5 Å². The fourth-order valence-electron chi connectivity index (χ4n) is 3.22. The summed E-state index contributed by atoms with van der Waals surface area (Å²) >= 11 is 0. The van der Waals surface area contributed by atoms with Gasteiger partial charge in [0, 0.05) is 34.6 Å². The van der Waals surface area contributed by atoms with Crippen molar-refractivity contribution in [2.24, 2.45) is 0 Å². The van der Waals surface area contributed by atoms with Crippen molar-refractivity contribution in [1.29, 1.82) is 0 Å². The molecule has 2 N–H and O–H groups in total. The summed E-state index contributed by atoms with van der Waals surface area (Å²) < 4.78 is 5.16. The summed E-state index contributed by atoms with van der Waals surface area (Å²) in [6.45, 7) is 1.94. The minimum Gasteiger partial charge on any atom is -0.507 e. The largest absolute Gasteiger partial charge is 0.507 e. The van der Waals surface area contributed by atoms with Crippen LogP contribution >= 0.6 is 0 Å². The van der Waals surface area contributed by atoms with E-state index in [1.54, 1.807) is 24.5 Å². The predicted octanol–water partition coefficient (Wildman–Crippen LogP) is 5.21. The van der Waals surface area contributed by atoms with Gasteiger partial charge < -0.3 is 14.9 Å². The average Bonchev–Trinajstić information content (AvgIpc) is 2.74. The van der Waals surface area contributed by atoms with Crippen molar-refractivity contribution in [3.8, 4) is 50.9 Å². The van der Waals surface area contributed by atoms with E-state index in [9.17, 15) is 10.2 Å². The Morgan fingerprint density at radius 2 is 1.41 bits per heavy atom. The molecule has 0 bridgehead atoms. The molecule has 0 radical (unpaired) electrons. The van der Waals surface area contributed by atoms with Crippen molar-refractivity contribution in [3.63, 3.8) is 0 Å². The van der Waals surface area contributed by atoms with Crippen LogP contribution in [0.1, 0.15) is 5.56 Å². The number of phenols is 2. The molecule has 0 atom stereocenters. The van der Waals surface area contributed by atoms with Crippen LogP contribution in [0.15, 0.2) is 73.1 Å². The molecule has 0 aliphatic heterocycles. The second-order valence-corrected chi connectivity index (χ2v) is 6.74. The van der Waals surface area contributed by atoms with Gasteiger partial charge in [-0.1, -0.05) is 36.4 Å². The molecule has 2 heterocycles. The maximum Gasteiger partial charge on any atom is 0.165 e. The van der Waals surface area contributed by atoms with E-state index in [0.29, 0.717) is 11.3 Å². The number of pyridine rings is 2. The number of benzene rings is 2. The zero-order valence-corrected chi connectivity index (χ0v) is 16.1. The Labute approximate surface area is 168 Å². The topological polar surface area (TPSA) is 75.5 Å². The molecule has 2 aromatic carbocycles. The summed E-state index contributed by atoms with van der Waals surface area (Å²) in [5, 5.41) is 20.5. The molecule has 0 fully saturated rings. The monoisotopic (exact) mass is 384 g/mol. The lowest BCUT2D eigenvalue weighted by atomic mass is 10.0. The quantitative estimate of drug-likeness (QED) is 0.505. The zero-order valence-electron chi connectivity index (χ0n) is 16.1. The Hall–Kier alpha value is -3.86. The van der Waals surface area contributed by atoms with E-state index >= 15 is 0 Å². The zero-order chi connectivity index (χ0) is 20.4. The first-order chi connectivity index (χ1) is 14.1. The number of ether oxygens (including phenoxy) is 1. The summed E-state index contributed by atoms with van der Waals surface area (Å²) in [5.41, 5.74) is 5.46. The molecule has 144 valence electrons. The molecule has 4 aromatic rings. The maximum absolute atomic E-state index is 10.3. The second-order valence-electron chi connectivity index (χ2n) is 6.74. The van der Waals surface area contributed by atoms with Crippen molar-refractivity contribution >= 4 is 0 Å². The van der Waals surface area contributed by atoms with Gasteiger partial charge in [0.15, 0.2) is 11.5 Å². The van der Waals surface area contributed by atoms with Gasteiger partial charge in [0.05, 0.1) is 18.5 Å². The number of aromatic hydroxyl groups is 2. The van der Waals surface area contributed by atoms with Crippen LogP contribution in [0.3, 0.4) is 0 Å². The number of para-hydroxylation sites is 1. The third-order valence-corrected chi connectivity index (χ3v) is 4.78. The van der Waals surface area contributed by atoms with Gasteiger partial charge in [-0.15, -0.1) is 0 Å². The highest BCUT2D eigenvalue weighted by atomic mass is 16.5. The number of phenolic OH excluding ortho intramolecular Hbond substituents is 2. The molecule has 0 unspecified atom stereocenters. The van der Waals surface area contributed by atoms with Gasteiger partial charge in [0.2, 0.25) is 0 Å². The maximum atomic E-state index is 10.3. The molecule has 0 aliphatic carbocycles. The molecule has 5 heteroatoms. The fraction of sp³-hybridized carbons (Fsp3) is 0.0833. The van der Waals surface area contributed by atoms with Gasteiger partial charge in [-0.3, -0.25) is 9.97 Å². The molecular weight excluding hydrogens is 364 g/mol. The van der Waals surface area contributed by atoms with Gasteiger partial charge in [0.25, 0.3) is 0 Å². The van der Waals surface area contributed by atoms with E-state index in [1.807, 2.05) is 55.5 Å². The van der Waals surface area contributed by atoms with E-state index in [1.165, 1.54) is 7.11 Å². The van der Waals surface area contributed by atoms with Gasteiger partial charge in [0.1, 0.15) is 5.75 Å². The normalized spacial score (nSPS) is 10.7. The summed E-state index contributed by atoms with van der Waals surface area (Å²) in [6.07, 6.45) is 3.43. The van der Waals surface area contributed by atoms with Crippen LogP contribution in [0, 0.1) is 6.92 Å².